The Morgan fingerprint density at radius 2 is 1.83 bits per heavy atom. The van der Waals surface area contributed by atoms with Gasteiger partial charge in [-0.15, -0.1) is 0 Å². The maximum absolute atomic E-state index is 10.9. The van der Waals surface area contributed by atoms with Crippen molar-refractivity contribution in [1.82, 2.24) is 0 Å². The fourth-order valence-corrected chi connectivity index (χ4v) is 1.79. The van der Waals surface area contributed by atoms with Crippen molar-refractivity contribution in [3.05, 3.63) is 65.2 Å². The molecule has 2 aromatic rings. The summed E-state index contributed by atoms with van der Waals surface area (Å²) in [6, 6.07) is 14.7. The minimum atomic E-state index is -0.897. The van der Waals surface area contributed by atoms with Crippen LogP contribution in [-0.2, 0) is 6.42 Å². The molecule has 0 heterocycles. The molecular formula is C15H14O3. The van der Waals surface area contributed by atoms with E-state index in [4.69, 9.17) is 9.84 Å². The van der Waals surface area contributed by atoms with Crippen molar-refractivity contribution in [3.63, 3.8) is 0 Å². The molecule has 0 aliphatic rings. The van der Waals surface area contributed by atoms with Gasteiger partial charge in [0.15, 0.2) is 0 Å². The first-order valence-electron chi connectivity index (χ1n) is 5.64. The summed E-state index contributed by atoms with van der Waals surface area (Å²) < 4.78 is 5.09. The summed E-state index contributed by atoms with van der Waals surface area (Å²) in [6.45, 7) is 0. The quantitative estimate of drug-likeness (QED) is 0.896. The first-order valence-corrected chi connectivity index (χ1v) is 5.64. The summed E-state index contributed by atoms with van der Waals surface area (Å²) >= 11 is 0. The van der Waals surface area contributed by atoms with Crippen molar-refractivity contribution >= 4 is 5.97 Å². The van der Waals surface area contributed by atoms with E-state index < -0.39 is 5.97 Å². The van der Waals surface area contributed by atoms with Gasteiger partial charge in [-0.2, -0.15) is 0 Å². The van der Waals surface area contributed by atoms with E-state index in [0.717, 1.165) is 16.9 Å². The first kappa shape index (κ1) is 12.2. The van der Waals surface area contributed by atoms with Crippen LogP contribution in [0.2, 0.25) is 0 Å². The van der Waals surface area contributed by atoms with Crippen LogP contribution in [0, 0.1) is 0 Å². The molecule has 1 N–H and O–H groups in total. The minimum absolute atomic E-state index is 0.320. The number of rotatable bonds is 4. The molecule has 0 aliphatic carbocycles. The predicted molar refractivity (Wildman–Crippen MR) is 69.2 cm³/mol. The van der Waals surface area contributed by atoms with Crippen LogP contribution >= 0.6 is 0 Å². The number of carboxylic acids is 1. The SMILES string of the molecule is COc1ccc(Cc2cccc(C(=O)O)c2)cc1. The molecule has 0 spiro atoms. The molecule has 2 rings (SSSR count). The highest BCUT2D eigenvalue weighted by Gasteiger charge is 2.03. The molecular weight excluding hydrogens is 228 g/mol. The Labute approximate surface area is 106 Å². The Hall–Kier alpha value is -2.29. The van der Waals surface area contributed by atoms with E-state index in [1.54, 1.807) is 25.3 Å². The lowest BCUT2D eigenvalue weighted by molar-refractivity contribution is 0.0697. The molecule has 0 amide bonds. The first-order chi connectivity index (χ1) is 8.69. The standard InChI is InChI=1S/C15H14O3/c1-18-14-7-5-11(6-8-14)9-12-3-2-4-13(10-12)15(16)17/h2-8,10H,9H2,1H3,(H,16,17). The monoisotopic (exact) mass is 242 g/mol. The summed E-state index contributed by atoms with van der Waals surface area (Å²) in [4.78, 5) is 10.9. The van der Waals surface area contributed by atoms with Gasteiger partial charge in [0.1, 0.15) is 5.75 Å². The largest absolute Gasteiger partial charge is 0.497 e. The highest BCUT2D eigenvalue weighted by Crippen LogP contribution is 2.15. The van der Waals surface area contributed by atoms with E-state index in [1.165, 1.54) is 0 Å². The van der Waals surface area contributed by atoms with Gasteiger partial charge in [0.25, 0.3) is 0 Å². The number of methoxy groups -OCH3 is 1. The second kappa shape index (κ2) is 5.36. The fourth-order valence-electron chi connectivity index (χ4n) is 1.79. The molecule has 18 heavy (non-hydrogen) atoms. The van der Waals surface area contributed by atoms with Crippen LogP contribution in [0.4, 0.5) is 0 Å². The molecule has 0 radical (unpaired) electrons. The molecule has 0 aromatic heterocycles. The minimum Gasteiger partial charge on any atom is -0.497 e. The van der Waals surface area contributed by atoms with E-state index >= 15 is 0 Å². The van der Waals surface area contributed by atoms with E-state index in [0.29, 0.717) is 12.0 Å². The fraction of sp³-hybridized carbons (Fsp3) is 0.133. The van der Waals surface area contributed by atoms with Gasteiger partial charge in [-0.1, -0.05) is 24.3 Å². The second-order valence-corrected chi connectivity index (χ2v) is 4.03. The molecule has 0 saturated carbocycles. The molecule has 0 fully saturated rings. The summed E-state index contributed by atoms with van der Waals surface area (Å²) in [7, 11) is 1.63. The van der Waals surface area contributed by atoms with E-state index in [2.05, 4.69) is 0 Å². The lowest BCUT2D eigenvalue weighted by atomic mass is 10.0. The highest BCUT2D eigenvalue weighted by molar-refractivity contribution is 5.87. The average Bonchev–Trinajstić information content (AvgIpc) is 2.40. The number of benzene rings is 2. The van der Waals surface area contributed by atoms with E-state index in [9.17, 15) is 4.79 Å². The average molecular weight is 242 g/mol. The summed E-state index contributed by atoms with van der Waals surface area (Å²) in [5.74, 6) is -0.0791. The Balaban J connectivity index is 2.17. The molecule has 92 valence electrons. The van der Waals surface area contributed by atoms with Crippen LogP contribution in [0.3, 0.4) is 0 Å². The van der Waals surface area contributed by atoms with Gasteiger partial charge < -0.3 is 9.84 Å². The van der Waals surface area contributed by atoms with Crippen LogP contribution in [-0.4, -0.2) is 18.2 Å². The number of ether oxygens (including phenoxy) is 1. The highest BCUT2D eigenvalue weighted by atomic mass is 16.5. The zero-order valence-corrected chi connectivity index (χ0v) is 10.1. The van der Waals surface area contributed by atoms with Crippen LogP contribution in [0.15, 0.2) is 48.5 Å². The van der Waals surface area contributed by atoms with Gasteiger partial charge in [-0.05, 0) is 41.8 Å². The van der Waals surface area contributed by atoms with Crippen molar-refractivity contribution in [2.75, 3.05) is 7.11 Å². The molecule has 0 atom stereocenters. The van der Waals surface area contributed by atoms with Crippen molar-refractivity contribution < 1.29 is 14.6 Å². The molecule has 0 bridgehead atoms. The van der Waals surface area contributed by atoms with Gasteiger partial charge in [0.05, 0.1) is 12.7 Å². The third kappa shape index (κ3) is 2.88. The number of hydrogen-bond donors (Lipinski definition) is 1. The second-order valence-electron chi connectivity index (χ2n) is 4.03. The number of aromatic carboxylic acids is 1. The number of carbonyl (C=O) groups is 1. The van der Waals surface area contributed by atoms with Gasteiger partial charge in [-0.25, -0.2) is 4.79 Å². The Morgan fingerprint density at radius 1 is 1.11 bits per heavy atom. The molecule has 2 aromatic carbocycles. The van der Waals surface area contributed by atoms with Crippen molar-refractivity contribution in [1.29, 1.82) is 0 Å². The van der Waals surface area contributed by atoms with Gasteiger partial charge in [0.2, 0.25) is 0 Å². The third-order valence-corrected chi connectivity index (χ3v) is 2.74. The van der Waals surface area contributed by atoms with Crippen LogP contribution in [0.1, 0.15) is 21.5 Å². The predicted octanol–water partition coefficient (Wildman–Crippen LogP) is 2.98. The zero-order chi connectivity index (χ0) is 13.0. The summed E-state index contributed by atoms with van der Waals surface area (Å²) in [6.07, 6.45) is 0.713. The summed E-state index contributed by atoms with van der Waals surface area (Å²) in [5.41, 5.74) is 2.43. The van der Waals surface area contributed by atoms with E-state index in [-0.39, 0.29) is 0 Å². The summed E-state index contributed by atoms with van der Waals surface area (Å²) in [5, 5.41) is 8.93. The normalized spacial score (nSPS) is 10.1. The van der Waals surface area contributed by atoms with Crippen molar-refractivity contribution in [2.24, 2.45) is 0 Å². The van der Waals surface area contributed by atoms with Crippen LogP contribution in [0.25, 0.3) is 0 Å². The molecule has 0 saturated heterocycles. The number of hydrogen-bond acceptors (Lipinski definition) is 2. The molecule has 0 unspecified atom stereocenters. The Morgan fingerprint density at radius 3 is 2.44 bits per heavy atom. The van der Waals surface area contributed by atoms with Crippen LogP contribution < -0.4 is 4.74 Å². The van der Waals surface area contributed by atoms with Crippen LogP contribution in [0.5, 0.6) is 5.75 Å². The molecule has 3 heteroatoms. The van der Waals surface area contributed by atoms with Gasteiger partial charge in [0, 0.05) is 0 Å². The third-order valence-electron chi connectivity index (χ3n) is 2.74. The van der Waals surface area contributed by atoms with Gasteiger partial charge in [-0.3, -0.25) is 0 Å². The van der Waals surface area contributed by atoms with E-state index in [1.807, 2.05) is 30.3 Å². The maximum atomic E-state index is 10.9. The Kier molecular flexibility index (Phi) is 3.63. The number of carboxylic acid groups (broad SMARTS) is 1. The maximum Gasteiger partial charge on any atom is 0.335 e. The van der Waals surface area contributed by atoms with Gasteiger partial charge >= 0.3 is 5.97 Å². The zero-order valence-electron chi connectivity index (χ0n) is 10.1. The Bertz CT molecular complexity index is 544. The lowest BCUT2D eigenvalue weighted by Gasteiger charge is -2.04. The van der Waals surface area contributed by atoms with Crippen molar-refractivity contribution in [2.45, 2.75) is 6.42 Å². The van der Waals surface area contributed by atoms with Crippen molar-refractivity contribution in [3.8, 4) is 5.75 Å². The smallest absolute Gasteiger partial charge is 0.335 e. The lowest BCUT2D eigenvalue weighted by Crippen LogP contribution is -1.97. The molecule has 3 nitrogen and oxygen atoms in total. The topological polar surface area (TPSA) is 46.5 Å². The molecule has 0 aliphatic heterocycles.